The van der Waals surface area contributed by atoms with E-state index in [9.17, 15) is 4.79 Å². The lowest BCUT2D eigenvalue weighted by molar-refractivity contribution is -0.117. The highest BCUT2D eigenvalue weighted by Gasteiger charge is 2.43. The van der Waals surface area contributed by atoms with Crippen LogP contribution >= 0.6 is 23.2 Å². The average molecular weight is 442 g/mol. The summed E-state index contributed by atoms with van der Waals surface area (Å²) in [5, 5.41) is 12.2. The minimum atomic E-state index is -0.376. The average Bonchev–Trinajstić information content (AvgIpc) is 3.39. The molecule has 1 N–H and O–H groups in total. The van der Waals surface area contributed by atoms with Crippen molar-refractivity contribution in [2.45, 2.75) is 31.6 Å². The van der Waals surface area contributed by atoms with Gasteiger partial charge in [-0.15, -0.1) is 0 Å². The molecule has 152 valence electrons. The lowest BCUT2D eigenvalue weighted by Crippen LogP contribution is -2.21. The summed E-state index contributed by atoms with van der Waals surface area (Å²) in [6.45, 7) is 4.18. The number of fused-ring (bicyclic) bond motifs is 3. The molecular formula is C20H17Cl2N7O. The predicted molar refractivity (Wildman–Crippen MR) is 113 cm³/mol. The minimum absolute atomic E-state index is 0.147. The SMILES string of the molecule is CC1(C)C[C@H](C(=O)Nc2cnc(-n3cccn3)c(Cl)c2)c2cnc3cc(Cl)nn3c21. The Bertz CT molecular complexity index is 1280. The van der Waals surface area contributed by atoms with E-state index in [1.54, 1.807) is 52.2 Å². The van der Waals surface area contributed by atoms with Crippen molar-refractivity contribution in [3.8, 4) is 5.82 Å². The number of amides is 1. The molecule has 30 heavy (non-hydrogen) atoms. The molecule has 1 aliphatic rings. The number of carbonyl (C=O) groups excluding carboxylic acids is 1. The summed E-state index contributed by atoms with van der Waals surface area (Å²) in [6.07, 6.45) is 7.33. The van der Waals surface area contributed by atoms with Gasteiger partial charge in [0, 0.05) is 35.6 Å². The van der Waals surface area contributed by atoms with Crippen molar-refractivity contribution in [3.63, 3.8) is 0 Å². The first-order valence-corrected chi connectivity index (χ1v) is 10.1. The smallest absolute Gasteiger partial charge is 0.232 e. The highest BCUT2D eigenvalue weighted by Crippen LogP contribution is 2.46. The van der Waals surface area contributed by atoms with Crippen LogP contribution in [0.25, 0.3) is 11.5 Å². The molecule has 0 bridgehead atoms. The van der Waals surface area contributed by atoms with Crippen LogP contribution in [-0.2, 0) is 10.2 Å². The fourth-order valence-electron chi connectivity index (χ4n) is 4.09. The van der Waals surface area contributed by atoms with E-state index < -0.39 is 0 Å². The molecular weight excluding hydrogens is 425 g/mol. The summed E-state index contributed by atoms with van der Waals surface area (Å²) < 4.78 is 3.30. The van der Waals surface area contributed by atoms with E-state index >= 15 is 0 Å². The van der Waals surface area contributed by atoms with Gasteiger partial charge in [0.2, 0.25) is 5.91 Å². The normalized spacial score (nSPS) is 17.3. The number of anilines is 1. The van der Waals surface area contributed by atoms with Gasteiger partial charge in [-0.05, 0) is 18.6 Å². The second kappa shape index (κ2) is 6.78. The zero-order chi connectivity index (χ0) is 21.0. The number of rotatable bonds is 3. The van der Waals surface area contributed by atoms with Crippen molar-refractivity contribution < 1.29 is 4.79 Å². The van der Waals surface area contributed by atoms with Crippen LogP contribution in [-0.4, -0.2) is 35.3 Å². The molecule has 10 heteroatoms. The van der Waals surface area contributed by atoms with Crippen LogP contribution in [0.4, 0.5) is 5.69 Å². The third kappa shape index (κ3) is 3.03. The van der Waals surface area contributed by atoms with E-state index in [-0.39, 0.29) is 17.2 Å². The molecule has 4 heterocycles. The van der Waals surface area contributed by atoms with Gasteiger partial charge in [-0.1, -0.05) is 37.0 Å². The molecule has 1 aliphatic carbocycles. The van der Waals surface area contributed by atoms with Crippen molar-refractivity contribution in [1.29, 1.82) is 0 Å². The molecule has 0 aromatic carbocycles. The summed E-state index contributed by atoms with van der Waals surface area (Å²) in [5.74, 6) is -0.0282. The van der Waals surface area contributed by atoms with Crippen LogP contribution in [0.1, 0.15) is 37.4 Å². The number of aromatic nitrogens is 6. The van der Waals surface area contributed by atoms with Crippen LogP contribution in [0.15, 0.2) is 43.0 Å². The quantitative estimate of drug-likeness (QED) is 0.518. The molecule has 0 radical (unpaired) electrons. The fraction of sp³-hybridized carbons (Fsp3) is 0.250. The van der Waals surface area contributed by atoms with Crippen LogP contribution in [0.3, 0.4) is 0 Å². The van der Waals surface area contributed by atoms with E-state index in [0.717, 1.165) is 11.3 Å². The van der Waals surface area contributed by atoms with Gasteiger partial charge in [0.25, 0.3) is 0 Å². The maximum Gasteiger partial charge on any atom is 0.232 e. The third-order valence-electron chi connectivity index (χ3n) is 5.34. The summed E-state index contributed by atoms with van der Waals surface area (Å²) in [6, 6.07) is 5.16. The Labute approximate surface area is 181 Å². The molecule has 4 aromatic heterocycles. The molecule has 0 aliphatic heterocycles. The fourth-order valence-corrected chi connectivity index (χ4v) is 4.52. The molecule has 1 amide bonds. The first-order valence-electron chi connectivity index (χ1n) is 9.34. The van der Waals surface area contributed by atoms with E-state index in [0.29, 0.717) is 33.7 Å². The van der Waals surface area contributed by atoms with Crippen molar-refractivity contribution in [2.75, 3.05) is 5.32 Å². The van der Waals surface area contributed by atoms with Gasteiger partial charge in [-0.25, -0.2) is 19.2 Å². The van der Waals surface area contributed by atoms with Gasteiger partial charge in [0.1, 0.15) is 0 Å². The maximum absolute atomic E-state index is 13.1. The Morgan fingerprint density at radius 3 is 2.80 bits per heavy atom. The Balaban J connectivity index is 1.46. The summed E-state index contributed by atoms with van der Waals surface area (Å²) >= 11 is 12.4. The highest BCUT2D eigenvalue weighted by molar-refractivity contribution is 6.32. The monoisotopic (exact) mass is 441 g/mol. The highest BCUT2D eigenvalue weighted by atomic mass is 35.5. The van der Waals surface area contributed by atoms with Gasteiger partial charge < -0.3 is 5.32 Å². The zero-order valence-electron chi connectivity index (χ0n) is 16.2. The second-order valence-corrected chi connectivity index (χ2v) is 8.70. The largest absolute Gasteiger partial charge is 0.324 e. The molecule has 0 unspecified atom stereocenters. The number of hydrogen-bond donors (Lipinski definition) is 1. The Hall–Kier alpha value is -2.97. The molecule has 0 fully saturated rings. The Morgan fingerprint density at radius 1 is 1.23 bits per heavy atom. The van der Waals surface area contributed by atoms with Crippen molar-refractivity contribution in [3.05, 3.63) is 64.4 Å². The lowest BCUT2D eigenvalue weighted by Gasteiger charge is -2.19. The molecule has 0 spiro atoms. The van der Waals surface area contributed by atoms with E-state index in [4.69, 9.17) is 23.2 Å². The van der Waals surface area contributed by atoms with Gasteiger partial charge in [-0.3, -0.25) is 4.79 Å². The number of nitrogens with zero attached hydrogens (tertiary/aromatic N) is 6. The van der Waals surface area contributed by atoms with Gasteiger partial charge in [0.15, 0.2) is 16.6 Å². The summed E-state index contributed by atoms with van der Waals surface area (Å²) in [4.78, 5) is 21.9. The van der Waals surface area contributed by atoms with Crippen LogP contribution in [0.5, 0.6) is 0 Å². The van der Waals surface area contributed by atoms with Crippen molar-refractivity contribution in [2.24, 2.45) is 0 Å². The molecule has 0 saturated heterocycles. The van der Waals surface area contributed by atoms with Gasteiger partial charge in [-0.2, -0.15) is 10.2 Å². The molecule has 5 rings (SSSR count). The maximum atomic E-state index is 13.1. The van der Waals surface area contributed by atoms with E-state index in [2.05, 4.69) is 39.3 Å². The number of pyridine rings is 1. The molecule has 1 atom stereocenters. The number of carbonyl (C=O) groups is 1. The van der Waals surface area contributed by atoms with E-state index in [1.807, 2.05) is 0 Å². The molecule has 4 aromatic rings. The van der Waals surface area contributed by atoms with Crippen molar-refractivity contribution in [1.82, 2.24) is 29.4 Å². The van der Waals surface area contributed by atoms with Crippen LogP contribution < -0.4 is 5.32 Å². The number of halogens is 2. The standard InChI is InChI=1S/C20H17Cl2N7O/c1-20(2)8-12(13-10-23-16-7-15(22)27-29(16)17(13)20)19(30)26-11-6-14(21)18(24-9-11)28-5-3-4-25-28/h3-7,9-10,12H,8H2,1-2H3,(H,26,30)/t12-/m0/s1. The zero-order valence-corrected chi connectivity index (χ0v) is 17.7. The lowest BCUT2D eigenvalue weighted by atomic mass is 9.88. The molecule has 8 nitrogen and oxygen atoms in total. The second-order valence-electron chi connectivity index (χ2n) is 7.91. The number of hydrogen-bond acceptors (Lipinski definition) is 5. The Kier molecular flexibility index (Phi) is 4.30. The number of nitrogens with one attached hydrogen (secondary N) is 1. The minimum Gasteiger partial charge on any atom is -0.324 e. The molecule has 0 saturated carbocycles. The summed E-state index contributed by atoms with van der Waals surface area (Å²) in [7, 11) is 0. The third-order valence-corrected chi connectivity index (χ3v) is 5.80. The van der Waals surface area contributed by atoms with Crippen LogP contribution in [0, 0.1) is 0 Å². The van der Waals surface area contributed by atoms with Gasteiger partial charge in [0.05, 0.1) is 28.5 Å². The van der Waals surface area contributed by atoms with Crippen LogP contribution in [0.2, 0.25) is 10.2 Å². The topological polar surface area (TPSA) is 90.0 Å². The predicted octanol–water partition coefficient (Wildman–Crippen LogP) is 4.02. The summed E-state index contributed by atoms with van der Waals surface area (Å²) in [5.41, 5.74) is 2.71. The first kappa shape index (κ1) is 19.0. The van der Waals surface area contributed by atoms with Crippen molar-refractivity contribution >= 4 is 40.4 Å². The van der Waals surface area contributed by atoms with E-state index in [1.165, 1.54) is 0 Å². The first-order chi connectivity index (χ1) is 14.3. The van der Waals surface area contributed by atoms with Gasteiger partial charge >= 0.3 is 0 Å². The Morgan fingerprint density at radius 2 is 2.07 bits per heavy atom.